The molecule has 1 aromatic carbocycles. The minimum absolute atomic E-state index is 0.101. The Morgan fingerprint density at radius 3 is 2.69 bits per heavy atom. The van der Waals surface area contributed by atoms with Gasteiger partial charge in [0.15, 0.2) is 0 Å². The molecule has 1 aromatic rings. The van der Waals surface area contributed by atoms with Gasteiger partial charge in [0.1, 0.15) is 0 Å². The maximum atomic E-state index is 11.9. The van der Waals surface area contributed by atoms with Crippen LogP contribution in [0.5, 0.6) is 0 Å². The van der Waals surface area contributed by atoms with Gasteiger partial charge in [-0.2, -0.15) is 0 Å². The van der Waals surface area contributed by atoms with E-state index in [2.05, 4.69) is 0 Å². The molecule has 0 aliphatic carbocycles. The zero-order chi connectivity index (χ0) is 11.6. The molecule has 1 aliphatic rings. The monoisotopic (exact) mass is 219 g/mol. The maximum Gasteiger partial charge on any atom is 0.227 e. The molecular weight excluding hydrogens is 202 g/mol. The lowest BCUT2D eigenvalue weighted by Gasteiger charge is -2.19. The molecule has 1 amide bonds. The predicted octanol–water partition coefficient (Wildman–Crippen LogP) is 1.21. The molecular formula is C13H17NO2. The first-order valence-electron chi connectivity index (χ1n) is 5.61. The second-order valence-corrected chi connectivity index (χ2v) is 4.72. The van der Waals surface area contributed by atoms with Crippen molar-refractivity contribution < 1.29 is 9.90 Å². The van der Waals surface area contributed by atoms with E-state index in [0.29, 0.717) is 25.9 Å². The number of amides is 1. The summed E-state index contributed by atoms with van der Waals surface area (Å²) in [5, 5.41) is 9.79. The van der Waals surface area contributed by atoms with Crippen molar-refractivity contribution in [3.63, 3.8) is 0 Å². The molecule has 1 unspecified atom stereocenters. The molecule has 0 aromatic heterocycles. The normalized spacial score (nSPS) is 24.8. The van der Waals surface area contributed by atoms with Gasteiger partial charge >= 0.3 is 0 Å². The van der Waals surface area contributed by atoms with Gasteiger partial charge in [0.25, 0.3) is 0 Å². The van der Waals surface area contributed by atoms with Crippen LogP contribution in [0.3, 0.4) is 0 Å². The number of carbonyl (C=O) groups is 1. The van der Waals surface area contributed by atoms with Crippen molar-refractivity contribution in [3.8, 4) is 0 Å². The number of hydrogen-bond donors (Lipinski definition) is 1. The van der Waals surface area contributed by atoms with Crippen molar-refractivity contribution >= 4 is 5.91 Å². The zero-order valence-corrected chi connectivity index (χ0v) is 9.52. The highest BCUT2D eigenvalue weighted by Gasteiger charge is 2.33. The molecule has 0 radical (unpaired) electrons. The summed E-state index contributed by atoms with van der Waals surface area (Å²) in [6.45, 7) is 2.90. The lowest BCUT2D eigenvalue weighted by atomic mass is 10.1. The van der Waals surface area contributed by atoms with Gasteiger partial charge < -0.3 is 10.0 Å². The molecule has 1 fully saturated rings. The van der Waals surface area contributed by atoms with Gasteiger partial charge in [0.05, 0.1) is 12.0 Å². The Bertz CT molecular complexity index is 373. The Kier molecular flexibility index (Phi) is 2.97. The van der Waals surface area contributed by atoms with Crippen LogP contribution in [0.25, 0.3) is 0 Å². The smallest absolute Gasteiger partial charge is 0.227 e. The molecule has 1 saturated heterocycles. The standard InChI is InChI=1S/C13H17NO2/c1-13(16)7-8-14(10-13)12(15)9-11-5-3-2-4-6-11/h2-6,16H,7-10H2,1H3. The van der Waals surface area contributed by atoms with Crippen molar-refractivity contribution in [2.24, 2.45) is 0 Å². The van der Waals surface area contributed by atoms with Crippen LogP contribution in [0, 0.1) is 0 Å². The number of hydrogen-bond acceptors (Lipinski definition) is 2. The van der Waals surface area contributed by atoms with E-state index in [1.165, 1.54) is 0 Å². The number of benzene rings is 1. The summed E-state index contributed by atoms with van der Waals surface area (Å²) in [7, 11) is 0. The largest absolute Gasteiger partial charge is 0.388 e. The van der Waals surface area contributed by atoms with Crippen LogP contribution < -0.4 is 0 Å². The zero-order valence-electron chi connectivity index (χ0n) is 9.52. The molecule has 1 N–H and O–H groups in total. The summed E-state index contributed by atoms with van der Waals surface area (Å²) in [6.07, 6.45) is 1.10. The van der Waals surface area contributed by atoms with E-state index >= 15 is 0 Å². The highest BCUT2D eigenvalue weighted by atomic mass is 16.3. The summed E-state index contributed by atoms with van der Waals surface area (Å²) in [5.74, 6) is 0.101. The summed E-state index contributed by atoms with van der Waals surface area (Å²) in [6, 6.07) is 9.71. The minimum Gasteiger partial charge on any atom is -0.388 e. The molecule has 86 valence electrons. The summed E-state index contributed by atoms with van der Waals surface area (Å²) < 4.78 is 0. The SMILES string of the molecule is CC1(O)CCN(C(=O)Cc2ccccc2)C1. The third-order valence-corrected chi connectivity index (χ3v) is 3.00. The lowest BCUT2D eigenvalue weighted by Crippen LogP contribution is -2.34. The molecule has 3 heteroatoms. The van der Waals surface area contributed by atoms with E-state index in [-0.39, 0.29) is 5.91 Å². The number of β-amino-alcohol motifs (C(OH)–C–C–N with tert-alkyl or cyclic N) is 1. The summed E-state index contributed by atoms with van der Waals surface area (Å²) in [5.41, 5.74) is 0.325. The van der Waals surface area contributed by atoms with E-state index in [0.717, 1.165) is 5.56 Å². The van der Waals surface area contributed by atoms with E-state index in [1.54, 1.807) is 11.8 Å². The molecule has 3 nitrogen and oxygen atoms in total. The summed E-state index contributed by atoms with van der Waals surface area (Å²) in [4.78, 5) is 13.7. The molecule has 0 saturated carbocycles. The third-order valence-electron chi connectivity index (χ3n) is 3.00. The minimum atomic E-state index is -0.702. The average molecular weight is 219 g/mol. The fourth-order valence-electron chi connectivity index (χ4n) is 2.04. The Morgan fingerprint density at radius 1 is 1.44 bits per heavy atom. The van der Waals surface area contributed by atoms with Gasteiger partial charge in [-0.25, -0.2) is 0 Å². The molecule has 1 aliphatic heterocycles. The second-order valence-electron chi connectivity index (χ2n) is 4.72. The van der Waals surface area contributed by atoms with Gasteiger partial charge in [-0.05, 0) is 18.9 Å². The average Bonchev–Trinajstić information content (AvgIpc) is 2.60. The van der Waals surface area contributed by atoms with Gasteiger partial charge in [0, 0.05) is 13.1 Å². The third kappa shape index (κ3) is 2.61. The van der Waals surface area contributed by atoms with E-state index < -0.39 is 5.60 Å². The van der Waals surface area contributed by atoms with Crippen LogP contribution in [-0.2, 0) is 11.2 Å². The number of aliphatic hydroxyl groups is 1. The fourth-order valence-corrected chi connectivity index (χ4v) is 2.04. The Hall–Kier alpha value is -1.35. The molecule has 0 spiro atoms. The predicted molar refractivity (Wildman–Crippen MR) is 62.0 cm³/mol. The number of likely N-dealkylation sites (tertiary alicyclic amines) is 1. The second kappa shape index (κ2) is 4.26. The van der Waals surface area contributed by atoms with Gasteiger partial charge in [-0.3, -0.25) is 4.79 Å². The van der Waals surface area contributed by atoms with Crippen molar-refractivity contribution in [3.05, 3.63) is 35.9 Å². The van der Waals surface area contributed by atoms with Crippen molar-refractivity contribution in [2.45, 2.75) is 25.4 Å². The first-order chi connectivity index (χ1) is 7.57. The van der Waals surface area contributed by atoms with Crippen molar-refractivity contribution in [2.75, 3.05) is 13.1 Å². The van der Waals surface area contributed by atoms with Gasteiger partial charge in [-0.15, -0.1) is 0 Å². The van der Waals surface area contributed by atoms with Gasteiger partial charge in [0.2, 0.25) is 5.91 Å². The topological polar surface area (TPSA) is 40.5 Å². The number of carbonyl (C=O) groups excluding carboxylic acids is 1. The molecule has 16 heavy (non-hydrogen) atoms. The highest BCUT2D eigenvalue weighted by molar-refractivity contribution is 5.79. The highest BCUT2D eigenvalue weighted by Crippen LogP contribution is 2.20. The summed E-state index contributed by atoms with van der Waals surface area (Å²) >= 11 is 0. The Morgan fingerprint density at radius 2 is 2.12 bits per heavy atom. The van der Waals surface area contributed by atoms with Crippen LogP contribution in [0.15, 0.2) is 30.3 Å². The van der Waals surface area contributed by atoms with Crippen LogP contribution in [-0.4, -0.2) is 34.6 Å². The van der Waals surface area contributed by atoms with E-state index in [9.17, 15) is 9.90 Å². The fraction of sp³-hybridized carbons (Fsp3) is 0.462. The van der Waals surface area contributed by atoms with E-state index in [4.69, 9.17) is 0 Å². The molecule has 1 atom stereocenters. The quantitative estimate of drug-likeness (QED) is 0.812. The molecule has 1 heterocycles. The van der Waals surface area contributed by atoms with Crippen molar-refractivity contribution in [1.82, 2.24) is 4.90 Å². The number of nitrogens with zero attached hydrogens (tertiary/aromatic N) is 1. The first-order valence-corrected chi connectivity index (χ1v) is 5.61. The lowest BCUT2D eigenvalue weighted by molar-refractivity contribution is -0.130. The Labute approximate surface area is 95.7 Å². The van der Waals surface area contributed by atoms with Crippen LogP contribution in [0.4, 0.5) is 0 Å². The maximum absolute atomic E-state index is 11.9. The van der Waals surface area contributed by atoms with Crippen molar-refractivity contribution in [1.29, 1.82) is 0 Å². The van der Waals surface area contributed by atoms with Crippen LogP contribution in [0.2, 0.25) is 0 Å². The van der Waals surface area contributed by atoms with Gasteiger partial charge in [-0.1, -0.05) is 30.3 Å². The van der Waals surface area contributed by atoms with E-state index in [1.807, 2.05) is 30.3 Å². The number of rotatable bonds is 2. The van der Waals surface area contributed by atoms with Crippen LogP contribution in [0.1, 0.15) is 18.9 Å². The Balaban J connectivity index is 1.95. The molecule has 2 rings (SSSR count). The van der Waals surface area contributed by atoms with Crippen LogP contribution >= 0.6 is 0 Å². The first kappa shape index (κ1) is 11.1. The molecule has 0 bridgehead atoms.